The largest absolute Gasteiger partial charge is 0.481 e. The van der Waals surface area contributed by atoms with Crippen LogP contribution in [0.15, 0.2) is 12.1 Å². The van der Waals surface area contributed by atoms with Gasteiger partial charge in [0, 0.05) is 6.54 Å². The second-order valence-electron chi connectivity index (χ2n) is 2.85. The van der Waals surface area contributed by atoms with E-state index < -0.39 is 17.7 Å². The molecule has 1 atom stereocenters. The topological polar surface area (TPSA) is 85.4 Å². The standard InChI is InChI=1S/C9H11FN2O3/c1-15-8-6(10)2-3-7(12-8)5(4-11)9(13)14/h2-3,5H,4,11H2,1H3,(H,13,14). The van der Waals surface area contributed by atoms with Crippen LogP contribution in [0, 0.1) is 5.82 Å². The van der Waals surface area contributed by atoms with Gasteiger partial charge in [-0.1, -0.05) is 0 Å². The van der Waals surface area contributed by atoms with Crippen LogP contribution in [-0.2, 0) is 4.79 Å². The first-order valence-electron chi connectivity index (χ1n) is 4.23. The van der Waals surface area contributed by atoms with E-state index in [1.165, 1.54) is 13.2 Å². The van der Waals surface area contributed by atoms with E-state index in [0.717, 1.165) is 6.07 Å². The van der Waals surface area contributed by atoms with Gasteiger partial charge in [0.2, 0.25) is 5.88 Å². The fourth-order valence-electron chi connectivity index (χ4n) is 1.12. The number of carbonyl (C=O) groups is 1. The number of pyridine rings is 1. The molecule has 1 rings (SSSR count). The Morgan fingerprint density at radius 1 is 1.73 bits per heavy atom. The molecule has 0 aromatic carbocycles. The van der Waals surface area contributed by atoms with Crippen molar-refractivity contribution in [2.45, 2.75) is 5.92 Å². The molecule has 0 aliphatic rings. The Labute approximate surface area is 85.7 Å². The number of carboxylic acid groups (broad SMARTS) is 1. The molecule has 0 spiro atoms. The van der Waals surface area contributed by atoms with E-state index in [1.54, 1.807) is 0 Å². The van der Waals surface area contributed by atoms with Crippen LogP contribution in [0.25, 0.3) is 0 Å². The van der Waals surface area contributed by atoms with Crippen molar-refractivity contribution < 1.29 is 19.0 Å². The highest BCUT2D eigenvalue weighted by Crippen LogP contribution is 2.19. The Morgan fingerprint density at radius 2 is 2.40 bits per heavy atom. The molecule has 3 N–H and O–H groups in total. The summed E-state index contributed by atoms with van der Waals surface area (Å²) in [5.41, 5.74) is 5.46. The van der Waals surface area contributed by atoms with Gasteiger partial charge in [-0.2, -0.15) is 0 Å². The minimum atomic E-state index is -1.10. The van der Waals surface area contributed by atoms with E-state index in [9.17, 15) is 9.18 Å². The second-order valence-corrected chi connectivity index (χ2v) is 2.85. The Morgan fingerprint density at radius 3 is 2.87 bits per heavy atom. The molecule has 0 bridgehead atoms. The molecule has 0 amide bonds. The molecule has 0 fully saturated rings. The molecule has 0 aliphatic heterocycles. The monoisotopic (exact) mass is 214 g/mol. The van der Waals surface area contributed by atoms with Crippen LogP contribution < -0.4 is 10.5 Å². The number of nitrogens with zero attached hydrogens (tertiary/aromatic N) is 1. The molecule has 0 saturated carbocycles. The van der Waals surface area contributed by atoms with Gasteiger partial charge < -0.3 is 15.6 Å². The summed E-state index contributed by atoms with van der Waals surface area (Å²) in [4.78, 5) is 14.5. The summed E-state index contributed by atoms with van der Waals surface area (Å²) < 4.78 is 17.6. The van der Waals surface area contributed by atoms with Crippen molar-refractivity contribution in [3.63, 3.8) is 0 Å². The lowest BCUT2D eigenvalue weighted by atomic mass is 10.1. The van der Waals surface area contributed by atoms with Gasteiger partial charge in [-0.25, -0.2) is 9.37 Å². The number of rotatable bonds is 4. The van der Waals surface area contributed by atoms with Gasteiger partial charge in [0.15, 0.2) is 5.82 Å². The van der Waals surface area contributed by atoms with Crippen LogP contribution in [0.2, 0.25) is 0 Å². The van der Waals surface area contributed by atoms with E-state index in [-0.39, 0.29) is 18.1 Å². The van der Waals surface area contributed by atoms with Crippen molar-refractivity contribution in [3.8, 4) is 5.88 Å². The van der Waals surface area contributed by atoms with E-state index in [1.807, 2.05) is 0 Å². The van der Waals surface area contributed by atoms with Gasteiger partial charge in [0.25, 0.3) is 0 Å². The summed E-state index contributed by atoms with van der Waals surface area (Å²) in [5, 5.41) is 8.81. The van der Waals surface area contributed by atoms with Gasteiger partial charge in [-0.05, 0) is 12.1 Å². The zero-order chi connectivity index (χ0) is 11.4. The number of carboxylic acids is 1. The zero-order valence-corrected chi connectivity index (χ0v) is 8.11. The molecule has 1 unspecified atom stereocenters. The fraction of sp³-hybridized carbons (Fsp3) is 0.333. The molecule has 0 radical (unpaired) electrons. The van der Waals surface area contributed by atoms with E-state index in [2.05, 4.69) is 9.72 Å². The predicted octanol–water partition coefficient (Wildman–Crippen LogP) is 0.356. The van der Waals surface area contributed by atoms with Crippen molar-refractivity contribution in [1.29, 1.82) is 0 Å². The number of aliphatic carboxylic acids is 1. The molecular formula is C9H11FN2O3. The first-order valence-corrected chi connectivity index (χ1v) is 4.23. The summed E-state index contributed by atoms with van der Waals surface area (Å²) in [5.74, 6) is -2.91. The highest BCUT2D eigenvalue weighted by Gasteiger charge is 2.20. The Kier molecular flexibility index (Phi) is 3.56. The van der Waals surface area contributed by atoms with E-state index >= 15 is 0 Å². The van der Waals surface area contributed by atoms with Gasteiger partial charge >= 0.3 is 5.97 Å². The summed E-state index contributed by atoms with van der Waals surface area (Å²) in [6.45, 7) is -0.100. The summed E-state index contributed by atoms with van der Waals surface area (Å²) >= 11 is 0. The minimum absolute atomic E-state index is 0.100. The van der Waals surface area contributed by atoms with Crippen molar-refractivity contribution in [1.82, 2.24) is 4.98 Å². The quantitative estimate of drug-likeness (QED) is 0.755. The fourth-order valence-corrected chi connectivity index (χ4v) is 1.12. The zero-order valence-electron chi connectivity index (χ0n) is 8.11. The maximum absolute atomic E-state index is 13.0. The van der Waals surface area contributed by atoms with Gasteiger partial charge in [0.05, 0.1) is 12.8 Å². The van der Waals surface area contributed by atoms with Crippen LogP contribution in [0.5, 0.6) is 5.88 Å². The number of methoxy groups -OCH3 is 1. The lowest BCUT2D eigenvalue weighted by molar-refractivity contribution is -0.138. The number of hydrogen-bond donors (Lipinski definition) is 2. The van der Waals surface area contributed by atoms with Gasteiger partial charge in [-0.15, -0.1) is 0 Å². The van der Waals surface area contributed by atoms with E-state index in [4.69, 9.17) is 10.8 Å². The van der Waals surface area contributed by atoms with Crippen molar-refractivity contribution in [2.75, 3.05) is 13.7 Å². The second kappa shape index (κ2) is 4.70. The normalized spacial score (nSPS) is 12.2. The van der Waals surface area contributed by atoms with Crippen molar-refractivity contribution in [3.05, 3.63) is 23.6 Å². The van der Waals surface area contributed by atoms with Crippen molar-refractivity contribution in [2.24, 2.45) is 5.73 Å². The molecule has 0 saturated heterocycles. The van der Waals surface area contributed by atoms with Crippen LogP contribution in [-0.4, -0.2) is 29.7 Å². The molecule has 1 heterocycles. The smallest absolute Gasteiger partial charge is 0.313 e. The van der Waals surface area contributed by atoms with Crippen LogP contribution in [0.3, 0.4) is 0 Å². The highest BCUT2D eigenvalue weighted by atomic mass is 19.1. The maximum atomic E-state index is 13.0. The molecule has 1 aromatic rings. The van der Waals surface area contributed by atoms with Crippen LogP contribution >= 0.6 is 0 Å². The van der Waals surface area contributed by atoms with Crippen LogP contribution in [0.1, 0.15) is 11.6 Å². The summed E-state index contributed by atoms with van der Waals surface area (Å²) in [7, 11) is 1.26. The Hall–Kier alpha value is -1.69. The molecule has 82 valence electrons. The number of halogens is 1. The molecule has 0 aliphatic carbocycles. The first kappa shape index (κ1) is 11.4. The van der Waals surface area contributed by atoms with Crippen molar-refractivity contribution >= 4 is 5.97 Å². The third-order valence-corrected chi connectivity index (χ3v) is 1.92. The number of nitrogens with two attached hydrogens (primary N) is 1. The predicted molar refractivity (Wildman–Crippen MR) is 50.2 cm³/mol. The Balaban J connectivity index is 3.09. The highest BCUT2D eigenvalue weighted by molar-refractivity contribution is 5.75. The number of hydrogen-bond acceptors (Lipinski definition) is 4. The summed E-state index contributed by atoms with van der Waals surface area (Å²) in [6.07, 6.45) is 0. The average Bonchev–Trinajstić information content (AvgIpc) is 2.21. The number of aromatic nitrogens is 1. The molecule has 6 heteroatoms. The van der Waals surface area contributed by atoms with Gasteiger partial charge in [0.1, 0.15) is 5.92 Å². The SMILES string of the molecule is COc1nc(C(CN)C(=O)O)ccc1F. The number of ether oxygens (including phenoxy) is 1. The third kappa shape index (κ3) is 2.41. The average molecular weight is 214 g/mol. The Bertz CT molecular complexity index is 370. The lowest BCUT2D eigenvalue weighted by Gasteiger charge is -2.10. The molecular weight excluding hydrogens is 203 g/mol. The van der Waals surface area contributed by atoms with Gasteiger partial charge in [-0.3, -0.25) is 4.79 Å². The third-order valence-electron chi connectivity index (χ3n) is 1.92. The van der Waals surface area contributed by atoms with Crippen LogP contribution in [0.4, 0.5) is 4.39 Å². The first-order chi connectivity index (χ1) is 7.10. The lowest BCUT2D eigenvalue weighted by Crippen LogP contribution is -2.22. The molecule has 1 aromatic heterocycles. The molecule has 15 heavy (non-hydrogen) atoms. The minimum Gasteiger partial charge on any atom is -0.481 e. The summed E-state index contributed by atoms with van der Waals surface area (Å²) in [6, 6.07) is 2.39. The molecule has 5 nitrogen and oxygen atoms in total. The van der Waals surface area contributed by atoms with E-state index in [0.29, 0.717) is 0 Å². The maximum Gasteiger partial charge on any atom is 0.313 e.